The summed E-state index contributed by atoms with van der Waals surface area (Å²) in [6, 6.07) is 5.20. The predicted molar refractivity (Wildman–Crippen MR) is 71.9 cm³/mol. The number of nitrogen functional groups attached to an aromatic ring is 1. The van der Waals surface area contributed by atoms with Gasteiger partial charge in [-0.2, -0.15) is 0 Å². The normalized spacial score (nSPS) is 16.1. The molecular formula is C12H15N5O. The fraction of sp³-hybridized carbons (Fsp3) is 0.333. The van der Waals surface area contributed by atoms with Crippen LogP contribution < -0.4 is 21.5 Å². The molecule has 0 bridgehead atoms. The summed E-state index contributed by atoms with van der Waals surface area (Å²) in [5.74, 6) is 0.638. The van der Waals surface area contributed by atoms with Crippen LogP contribution in [0.2, 0.25) is 0 Å². The molecule has 1 aromatic carbocycles. The number of hydrogen-bond acceptors (Lipinski definition) is 5. The second kappa shape index (κ2) is 4.30. The van der Waals surface area contributed by atoms with Gasteiger partial charge in [0.05, 0.1) is 10.9 Å². The van der Waals surface area contributed by atoms with Crippen molar-refractivity contribution >= 4 is 22.5 Å². The third-order valence-electron chi connectivity index (χ3n) is 3.13. The zero-order valence-electron chi connectivity index (χ0n) is 9.94. The highest BCUT2D eigenvalue weighted by molar-refractivity contribution is 5.81. The first-order valence-electron chi connectivity index (χ1n) is 5.99. The highest BCUT2D eigenvalue weighted by Crippen LogP contribution is 2.14. The number of nitrogens with two attached hydrogens (primary N) is 1. The van der Waals surface area contributed by atoms with E-state index in [2.05, 4.69) is 20.2 Å². The van der Waals surface area contributed by atoms with E-state index in [1.54, 1.807) is 18.2 Å². The highest BCUT2D eigenvalue weighted by Gasteiger charge is 2.13. The minimum atomic E-state index is -0.138. The SMILES string of the molecule is Nc1ccc2nc(N3CCNCC3)[nH]c(=O)c2c1. The first kappa shape index (κ1) is 11.0. The molecule has 2 aromatic rings. The lowest BCUT2D eigenvalue weighted by molar-refractivity contribution is 0.580. The number of aromatic amines is 1. The van der Waals surface area contributed by atoms with Crippen LogP contribution in [0.3, 0.4) is 0 Å². The van der Waals surface area contributed by atoms with E-state index in [1.807, 2.05) is 0 Å². The van der Waals surface area contributed by atoms with Gasteiger partial charge < -0.3 is 16.0 Å². The van der Waals surface area contributed by atoms with E-state index in [1.165, 1.54) is 0 Å². The molecule has 1 aliphatic rings. The smallest absolute Gasteiger partial charge is 0.260 e. The lowest BCUT2D eigenvalue weighted by Crippen LogP contribution is -2.44. The third-order valence-corrected chi connectivity index (χ3v) is 3.13. The topological polar surface area (TPSA) is 87.0 Å². The molecule has 6 heteroatoms. The molecule has 1 fully saturated rings. The Labute approximate surface area is 104 Å². The molecule has 6 nitrogen and oxygen atoms in total. The first-order chi connectivity index (χ1) is 8.74. The van der Waals surface area contributed by atoms with Crippen LogP contribution in [-0.4, -0.2) is 36.1 Å². The van der Waals surface area contributed by atoms with Crippen LogP contribution in [0.4, 0.5) is 11.6 Å². The highest BCUT2D eigenvalue weighted by atomic mass is 16.1. The van der Waals surface area contributed by atoms with Gasteiger partial charge in [0.15, 0.2) is 0 Å². The molecule has 0 radical (unpaired) electrons. The molecule has 0 atom stereocenters. The Bertz CT molecular complexity index is 630. The fourth-order valence-electron chi connectivity index (χ4n) is 2.17. The van der Waals surface area contributed by atoms with Gasteiger partial charge >= 0.3 is 0 Å². The lowest BCUT2D eigenvalue weighted by atomic mass is 10.2. The van der Waals surface area contributed by atoms with Crippen molar-refractivity contribution in [2.24, 2.45) is 0 Å². The number of aromatic nitrogens is 2. The largest absolute Gasteiger partial charge is 0.399 e. The summed E-state index contributed by atoms with van der Waals surface area (Å²) >= 11 is 0. The van der Waals surface area contributed by atoms with Crippen molar-refractivity contribution in [2.45, 2.75) is 0 Å². The summed E-state index contributed by atoms with van der Waals surface area (Å²) < 4.78 is 0. The van der Waals surface area contributed by atoms with Gasteiger partial charge in [-0.25, -0.2) is 4.98 Å². The van der Waals surface area contributed by atoms with Crippen molar-refractivity contribution in [3.63, 3.8) is 0 Å². The van der Waals surface area contributed by atoms with E-state index in [9.17, 15) is 4.79 Å². The van der Waals surface area contributed by atoms with Crippen molar-refractivity contribution in [1.82, 2.24) is 15.3 Å². The number of benzene rings is 1. The van der Waals surface area contributed by atoms with Gasteiger partial charge in [-0.3, -0.25) is 9.78 Å². The molecule has 0 aliphatic carbocycles. The molecule has 4 N–H and O–H groups in total. The molecular weight excluding hydrogens is 230 g/mol. The molecule has 1 aromatic heterocycles. The standard InChI is InChI=1S/C12H15N5O/c13-8-1-2-10-9(7-8)11(18)16-12(15-10)17-5-3-14-4-6-17/h1-2,7,14H,3-6,13H2,(H,15,16,18). The zero-order valence-corrected chi connectivity index (χ0v) is 9.94. The van der Waals surface area contributed by atoms with Gasteiger partial charge in [-0.05, 0) is 18.2 Å². The van der Waals surface area contributed by atoms with Crippen LogP contribution in [0.15, 0.2) is 23.0 Å². The van der Waals surface area contributed by atoms with Gasteiger partial charge in [0.1, 0.15) is 0 Å². The fourth-order valence-corrected chi connectivity index (χ4v) is 2.17. The molecule has 3 rings (SSSR count). The van der Waals surface area contributed by atoms with Gasteiger partial charge in [0, 0.05) is 31.9 Å². The Morgan fingerprint density at radius 3 is 2.83 bits per heavy atom. The maximum absolute atomic E-state index is 12.0. The van der Waals surface area contributed by atoms with Gasteiger partial charge in [-0.15, -0.1) is 0 Å². The zero-order chi connectivity index (χ0) is 12.5. The Kier molecular flexibility index (Phi) is 2.64. The minimum absolute atomic E-state index is 0.138. The number of nitrogens with zero attached hydrogens (tertiary/aromatic N) is 2. The number of nitrogens with one attached hydrogen (secondary N) is 2. The molecule has 0 unspecified atom stereocenters. The average molecular weight is 245 g/mol. The van der Waals surface area contributed by atoms with Gasteiger partial charge in [0.25, 0.3) is 5.56 Å². The number of piperazine rings is 1. The summed E-state index contributed by atoms with van der Waals surface area (Å²) in [5, 5.41) is 3.80. The molecule has 0 saturated carbocycles. The van der Waals surface area contributed by atoms with E-state index in [-0.39, 0.29) is 5.56 Å². The van der Waals surface area contributed by atoms with E-state index in [0.717, 1.165) is 26.2 Å². The van der Waals surface area contributed by atoms with Crippen LogP contribution in [0.25, 0.3) is 10.9 Å². The number of rotatable bonds is 1. The Hall–Kier alpha value is -2.08. The van der Waals surface area contributed by atoms with E-state index in [0.29, 0.717) is 22.5 Å². The predicted octanol–water partition coefficient (Wildman–Crippen LogP) is -0.0851. The monoisotopic (exact) mass is 245 g/mol. The van der Waals surface area contributed by atoms with Crippen LogP contribution in [0.1, 0.15) is 0 Å². The van der Waals surface area contributed by atoms with Crippen LogP contribution >= 0.6 is 0 Å². The third kappa shape index (κ3) is 1.91. The van der Waals surface area contributed by atoms with Crippen molar-refractivity contribution in [2.75, 3.05) is 36.8 Å². The molecule has 0 spiro atoms. The maximum atomic E-state index is 12.0. The van der Waals surface area contributed by atoms with Gasteiger partial charge in [-0.1, -0.05) is 0 Å². The number of hydrogen-bond donors (Lipinski definition) is 3. The number of H-pyrrole nitrogens is 1. The number of fused-ring (bicyclic) bond motifs is 1. The Morgan fingerprint density at radius 1 is 1.28 bits per heavy atom. The number of anilines is 2. The lowest BCUT2D eigenvalue weighted by Gasteiger charge is -2.27. The molecule has 1 aliphatic heterocycles. The summed E-state index contributed by atoms with van der Waals surface area (Å²) in [6.07, 6.45) is 0. The van der Waals surface area contributed by atoms with Crippen molar-refractivity contribution in [1.29, 1.82) is 0 Å². The summed E-state index contributed by atoms with van der Waals surface area (Å²) in [6.45, 7) is 3.51. The van der Waals surface area contributed by atoms with Crippen molar-refractivity contribution in [3.8, 4) is 0 Å². The first-order valence-corrected chi connectivity index (χ1v) is 5.99. The minimum Gasteiger partial charge on any atom is -0.399 e. The molecule has 2 heterocycles. The van der Waals surface area contributed by atoms with Crippen molar-refractivity contribution < 1.29 is 0 Å². The van der Waals surface area contributed by atoms with Crippen LogP contribution in [0, 0.1) is 0 Å². The molecule has 1 saturated heterocycles. The van der Waals surface area contributed by atoms with E-state index < -0.39 is 0 Å². The molecule has 0 amide bonds. The van der Waals surface area contributed by atoms with E-state index >= 15 is 0 Å². The van der Waals surface area contributed by atoms with Gasteiger partial charge in [0.2, 0.25) is 5.95 Å². The van der Waals surface area contributed by atoms with Crippen LogP contribution in [-0.2, 0) is 0 Å². The Morgan fingerprint density at radius 2 is 2.06 bits per heavy atom. The quantitative estimate of drug-likeness (QED) is 0.611. The summed E-state index contributed by atoms with van der Waals surface area (Å²) in [7, 11) is 0. The molecule has 18 heavy (non-hydrogen) atoms. The van der Waals surface area contributed by atoms with Crippen molar-refractivity contribution in [3.05, 3.63) is 28.6 Å². The van der Waals surface area contributed by atoms with E-state index in [4.69, 9.17) is 5.73 Å². The average Bonchev–Trinajstić information content (AvgIpc) is 2.40. The Balaban J connectivity index is 2.09. The second-order valence-electron chi connectivity index (χ2n) is 4.40. The summed E-state index contributed by atoms with van der Waals surface area (Å²) in [5.41, 5.74) is 6.79. The maximum Gasteiger partial charge on any atom is 0.260 e. The second-order valence-corrected chi connectivity index (χ2v) is 4.40. The summed E-state index contributed by atoms with van der Waals surface area (Å²) in [4.78, 5) is 21.4. The van der Waals surface area contributed by atoms with Crippen LogP contribution in [0.5, 0.6) is 0 Å². The molecule has 94 valence electrons.